The van der Waals surface area contributed by atoms with E-state index in [1.165, 1.54) is 0 Å². The quantitative estimate of drug-likeness (QED) is 0.795. The monoisotopic (exact) mass is 317 g/mol. The number of ether oxygens (including phenoxy) is 2. The van der Waals surface area contributed by atoms with Crippen molar-refractivity contribution in [2.24, 2.45) is 0 Å². The summed E-state index contributed by atoms with van der Waals surface area (Å²) in [7, 11) is 1.63. The summed E-state index contributed by atoms with van der Waals surface area (Å²) in [5.41, 5.74) is 1.47. The summed E-state index contributed by atoms with van der Waals surface area (Å²) >= 11 is 0. The maximum atomic E-state index is 12.2. The van der Waals surface area contributed by atoms with Crippen molar-refractivity contribution in [1.82, 2.24) is 15.2 Å². The van der Waals surface area contributed by atoms with Crippen LogP contribution in [0.15, 0.2) is 24.3 Å². The molecule has 1 saturated heterocycles. The molecule has 2 N–H and O–H groups in total. The molecule has 2 aromatic rings. The van der Waals surface area contributed by atoms with Gasteiger partial charge >= 0.3 is 0 Å². The van der Waals surface area contributed by atoms with Crippen molar-refractivity contribution >= 4 is 16.8 Å². The van der Waals surface area contributed by atoms with Crippen molar-refractivity contribution in [3.63, 3.8) is 0 Å². The smallest absolute Gasteiger partial charge is 0.267 e. The van der Waals surface area contributed by atoms with Gasteiger partial charge in [-0.05, 0) is 31.2 Å². The molecule has 0 saturated carbocycles. The maximum absolute atomic E-state index is 12.2. The van der Waals surface area contributed by atoms with E-state index in [0.29, 0.717) is 12.2 Å². The molecular formula is C17H23N3O3. The molecule has 0 radical (unpaired) electrons. The normalized spacial score (nSPS) is 15.7. The van der Waals surface area contributed by atoms with E-state index in [2.05, 4.69) is 15.2 Å². The van der Waals surface area contributed by atoms with Gasteiger partial charge in [0.2, 0.25) is 0 Å². The van der Waals surface area contributed by atoms with Gasteiger partial charge in [-0.3, -0.25) is 9.69 Å². The van der Waals surface area contributed by atoms with Crippen molar-refractivity contribution in [3.8, 4) is 5.75 Å². The first-order valence-corrected chi connectivity index (χ1v) is 8.02. The van der Waals surface area contributed by atoms with E-state index in [1.807, 2.05) is 24.3 Å². The second kappa shape index (κ2) is 7.48. The topological polar surface area (TPSA) is 66.6 Å². The fourth-order valence-electron chi connectivity index (χ4n) is 2.85. The number of methoxy groups -OCH3 is 1. The molecule has 0 aliphatic carbocycles. The minimum Gasteiger partial charge on any atom is -0.496 e. The fourth-order valence-corrected chi connectivity index (χ4v) is 2.85. The van der Waals surface area contributed by atoms with Crippen LogP contribution >= 0.6 is 0 Å². The molecule has 1 aliphatic rings. The van der Waals surface area contributed by atoms with Crippen LogP contribution in [0.4, 0.5) is 0 Å². The standard InChI is InChI=1S/C17H23N3O3/c1-22-16-5-2-4-14-13(16)12-15(19-14)17(21)18-6-3-7-20-8-10-23-11-9-20/h2,4-5,12,19H,3,6-11H2,1H3,(H,18,21). The van der Waals surface area contributed by atoms with Crippen LogP contribution in [0.3, 0.4) is 0 Å². The fraction of sp³-hybridized carbons (Fsp3) is 0.471. The molecule has 0 unspecified atom stereocenters. The van der Waals surface area contributed by atoms with Crippen molar-refractivity contribution in [1.29, 1.82) is 0 Å². The number of carbonyl (C=O) groups excluding carboxylic acids is 1. The van der Waals surface area contributed by atoms with Crippen LogP contribution in [0, 0.1) is 0 Å². The van der Waals surface area contributed by atoms with Gasteiger partial charge in [-0.2, -0.15) is 0 Å². The number of benzene rings is 1. The van der Waals surface area contributed by atoms with Crippen molar-refractivity contribution in [2.75, 3.05) is 46.5 Å². The van der Waals surface area contributed by atoms with Crippen LogP contribution in [0.2, 0.25) is 0 Å². The lowest BCUT2D eigenvalue weighted by Crippen LogP contribution is -2.38. The third kappa shape index (κ3) is 3.83. The molecule has 2 heterocycles. The number of fused-ring (bicyclic) bond motifs is 1. The number of H-pyrrole nitrogens is 1. The number of aromatic nitrogens is 1. The second-order valence-electron chi connectivity index (χ2n) is 5.67. The highest BCUT2D eigenvalue weighted by atomic mass is 16.5. The Labute approximate surface area is 135 Å². The first-order chi connectivity index (χ1) is 11.3. The van der Waals surface area contributed by atoms with E-state index < -0.39 is 0 Å². The van der Waals surface area contributed by atoms with Gasteiger partial charge in [0, 0.05) is 30.5 Å². The number of aromatic amines is 1. The Hall–Kier alpha value is -2.05. The number of amides is 1. The number of carbonyl (C=O) groups is 1. The van der Waals surface area contributed by atoms with Gasteiger partial charge in [-0.25, -0.2) is 0 Å². The minimum absolute atomic E-state index is 0.0785. The lowest BCUT2D eigenvalue weighted by Gasteiger charge is -2.26. The molecule has 1 fully saturated rings. The SMILES string of the molecule is COc1cccc2[nH]c(C(=O)NCCCN3CCOCC3)cc12. The van der Waals surface area contributed by atoms with Crippen LogP contribution in [0.5, 0.6) is 5.75 Å². The van der Waals surface area contributed by atoms with E-state index in [4.69, 9.17) is 9.47 Å². The molecule has 6 heteroatoms. The van der Waals surface area contributed by atoms with Crippen LogP contribution in [0.25, 0.3) is 10.9 Å². The highest BCUT2D eigenvalue weighted by Crippen LogP contribution is 2.25. The summed E-state index contributed by atoms with van der Waals surface area (Å²) < 4.78 is 10.6. The zero-order valence-electron chi connectivity index (χ0n) is 13.4. The van der Waals surface area contributed by atoms with E-state index in [0.717, 1.165) is 55.9 Å². The van der Waals surface area contributed by atoms with Gasteiger partial charge in [0.15, 0.2) is 0 Å². The maximum Gasteiger partial charge on any atom is 0.267 e. The Morgan fingerprint density at radius 1 is 1.39 bits per heavy atom. The molecule has 3 rings (SSSR count). The lowest BCUT2D eigenvalue weighted by molar-refractivity contribution is 0.0374. The zero-order valence-corrected chi connectivity index (χ0v) is 13.4. The Bertz CT molecular complexity index is 662. The van der Waals surface area contributed by atoms with Crippen molar-refractivity contribution < 1.29 is 14.3 Å². The molecule has 1 amide bonds. The predicted molar refractivity (Wildman–Crippen MR) is 89.1 cm³/mol. The van der Waals surface area contributed by atoms with Gasteiger partial charge in [-0.1, -0.05) is 6.07 Å². The predicted octanol–water partition coefficient (Wildman–Crippen LogP) is 1.63. The Morgan fingerprint density at radius 3 is 3.00 bits per heavy atom. The highest BCUT2D eigenvalue weighted by molar-refractivity contribution is 5.99. The number of nitrogens with one attached hydrogen (secondary N) is 2. The van der Waals surface area contributed by atoms with Gasteiger partial charge in [-0.15, -0.1) is 0 Å². The van der Waals surface area contributed by atoms with Crippen LogP contribution in [0.1, 0.15) is 16.9 Å². The minimum atomic E-state index is -0.0785. The summed E-state index contributed by atoms with van der Waals surface area (Å²) in [5, 5.41) is 3.89. The molecule has 6 nitrogen and oxygen atoms in total. The Balaban J connectivity index is 1.52. The molecule has 1 aromatic carbocycles. The van der Waals surface area contributed by atoms with E-state index in [-0.39, 0.29) is 5.91 Å². The number of morpholine rings is 1. The van der Waals surface area contributed by atoms with Crippen molar-refractivity contribution in [3.05, 3.63) is 30.0 Å². The zero-order chi connectivity index (χ0) is 16.1. The van der Waals surface area contributed by atoms with Crippen LogP contribution < -0.4 is 10.1 Å². The lowest BCUT2D eigenvalue weighted by atomic mass is 10.2. The largest absolute Gasteiger partial charge is 0.496 e. The molecule has 0 spiro atoms. The summed E-state index contributed by atoms with van der Waals surface area (Å²) in [4.78, 5) is 17.8. The number of hydrogen-bond donors (Lipinski definition) is 2. The van der Waals surface area contributed by atoms with Crippen molar-refractivity contribution in [2.45, 2.75) is 6.42 Å². The average Bonchev–Trinajstić information content (AvgIpc) is 3.03. The van der Waals surface area contributed by atoms with E-state index in [1.54, 1.807) is 7.11 Å². The molecule has 124 valence electrons. The molecular weight excluding hydrogens is 294 g/mol. The number of hydrogen-bond acceptors (Lipinski definition) is 4. The summed E-state index contributed by atoms with van der Waals surface area (Å²) in [6.45, 7) is 5.24. The van der Waals surface area contributed by atoms with E-state index >= 15 is 0 Å². The molecule has 1 aromatic heterocycles. The number of nitrogens with zero attached hydrogens (tertiary/aromatic N) is 1. The number of rotatable bonds is 6. The van der Waals surface area contributed by atoms with Gasteiger partial charge in [0.1, 0.15) is 11.4 Å². The molecule has 23 heavy (non-hydrogen) atoms. The van der Waals surface area contributed by atoms with Crippen LogP contribution in [-0.2, 0) is 4.74 Å². The first-order valence-electron chi connectivity index (χ1n) is 8.02. The first kappa shape index (κ1) is 15.8. The molecule has 0 atom stereocenters. The molecule has 0 bridgehead atoms. The Morgan fingerprint density at radius 2 is 2.22 bits per heavy atom. The van der Waals surface area contributed by atoms with E-state index in [9.17, 15) is 4.79 Å². The van der Waals surface area contributed by atoms with Gasteiger partial charge < -0.3 is 19.8 Å². The van der Waals surface area contributed by atoms with Crippen LogP contribution in [-0.4, -0.2) is 62.3 Å². The third-order valence-corrected chi connectivity index (χ3v) is 4.13. The van der Waals surface area contributed by atoms with Gasteiger partial charge in [0.25, 0.3) is 5.91 Å². The summed E-state index contributed by atoms with van der Waals surface area (Å²) in [6.07, 6.45) is 0.940. The molecule has 1 aliphatic heterocycles. The third-order valence-electron chi connectivity index (χ3n) is 4.13. The Kier molecular flexibility index (Phi) is 5.15. The highest BCUT2D eigenvalue weighted by Gasteiger charge is 2.12. The average molecular weight is 317 g/mol. The summed E-state index contributed by atoms with van der Waals surface area (Å²) in [6, 6.07) is 7.57. The second-order valence-corrected chi connectivity index (χ2v) is 5.67. The summed E-state index contributed by atoms with van der Waals surface area (Å²) in [5.74, 6) is 0.690. The van der Waals surface area contributed by atoms with Gasteiger partial charge in [0.05, 0.1) is 20.3 Å².